The minimum absolute atomic E-state index is 0.0501. The number of benzene rings is 2. The Hall–Kier alpha value is -4.06. The van der Waals surface area contributed by atoms with Gasteiger partial charge in [-0.2, -0.15) is 0 Å². The Bertz CT molecular complexity index is 1280. The summed E-state index contributed by atoms with van der Waals surface area (Å²) in [6.45, 7) is 12.2. The molecule has 11 nitrogen and oxygen atoms in total. The van der Waals surface area contributed by atoms with Crippen LogP contribution in [-0.2, 0) is 28.7 Å². The topological polar surface area (TPSA) is 152 Å². The highest BCUT2D eigenvalue weighted by Gasteiger charge is 2.33. The summed E-state index contributed by atoms with van der Waals surface area (Å²) in [5.74, 6) is -2.50. The number of nitrogens with one attached hydrogen (secondary N) is 4. The Kier molecular flexibility index (Phi) is 15.8. The molecule has 2 aromatic carbocycles. The summed E-state index contributed by atoms with van der Waals surface area (Å²) in [4.78, 5) is 64.9. The third-order valence-electron chi connectivity index (χ3n) is 6.86. The standard InChI is InChI=1S/C35H50N4O7S/c1-22(2)19-26(38-34(44)46-35(5,6)7)32(42)39-29(23(3)4)33(43)37-27(31(41)36-20-28(40)45-8)21-47-30(24-15-11-9-12-16-24)25-17-13-10-14-18-25/h9-18,22-23,26-27,29-30H,19-21H2,1-8H3,(H,36,41)(H,37,43)(H,38,44)(H,39,42)/t26-,27-,29-/m0/s1. The molecular formula is C35H50N4O7S. The molecule has 0 aromatic heterocycles. The number of ether oxygens (including phenoxy) is 2. The highest BCUT2D eigenvalue weighted by Crippen LogP contribution is 2.35. The van der Waals surface area contributed by atoms with E-state index in [4.69, 9.17) is 4.74 Å². The molecule has 2 rings (SSSR count). The van der Waals surface area contributed by atoms with E-state index in [2.05, 4.69) is 26.0 Å². The normalized spacial score (nSPS) is 13.3. The van der Waals surface area contributed by atoms with Gasteiger partial charge in [0, 0.05) is 5.75 Å². The first kappa shape index (κ1) is 39.1. The Labute approximate surface area is 282 Å². The van der Waals surface area contributed by atoms with E-state index in [1.807, 2.05) is 74.5 Å². The van der Waals surface area contributed by atoms with E-state index in [-0.39, 0.29) is 29.4 Å². The van der Waals surface area contributed by atoms with E-state index >= 15 is 0 Å². The molecule has 47 heavy (non-hydrogen) atoms. The first-order chi connectivity index (χ1) is 22.1. The van der Waals surface area contributed by atoms with Gasteiger partial charge in [0.05, 0.1) is 12.4 Å². The quantitative estimate of drug-likeness (QED) is 0.192. The molecule has 0 aliphatic rings. The average molecular weight is 671 g/mol. The van der Waals surface area contributed by atoms with Gasteiger partial charge in [0.25, 0.3) is 0 Å². The summed E-state index contributed by atoms with van der Waals surface area (Å²) in [6.07, 6.45) is -0.429. The maximum atomic E-state index is 13.7. The molecule has 258 valence electrons. The first-order valence-corrected chi connectivity index (χ1v) is 16.8. The number of hydrogen-bond acceptors (Lipinski definition) is 8. The summed E-state index contributed by atoms with van der Waals surface area (Å²) < 4.78 is 10.0. The molecule has 2 aromatic rings. The molecule has 0 fully saturated rings. The molecular weight excluding hydrogens is 620 g/mol. The first-order valence-electron chi connectivity index (χ1n) is 15.8. The van der Waals surface area contributed by atoms with Crippen molar-refractivity contribution in [3.8, 4) is 0 Å². The molecule has 3 atom stereocenters. The van der Waals surface area contributed by atoms with E-state index in [9.17, 15) is 24.0 Å². The van der Waals surface area contributed by atoms with Crippen LogP contribution >= 0.6 is 11.8 Å². The van der Waals surface area contributed by atoms with E-state index in [1.54, 1.807) is 34.6 Å². The van der Waals surface area contributed by atoms with Crippen molar-refractivity contribution in [2.24, 2.45) is 11.8 Å². The van der Waals surface area contributed by atoms with Crippen molar-refractivity contribution in [3.63, 3.8) is 0 Å². The lowest BCUT2D eigenvalue weighted by atomic mass is 10.00. The summed E-state index contributed by atoms with van der Waals surface area (Å²) in [7, 11) is 1.22. The second-order valence-corrected chi connectivity index (χ2v) is 14.1. The van der Waals surface area contributed by atoms with Crippen molar-refractivity contribution in [1.29, 1.82) is 0 Å². The highest BCUT2D eigenvalue weighted by molar-refractivity contribution is 7.99. The van der Waals surface area contributed by atoms with Crippen LogP contribution in [0.1, 0.15) is 71.3 Å². The molecule has 0 saturated heterocycles. The fraction of sp³-hybridized carbons (Fsp3) is 0.514. The minimum atomic E-state index is -1.06. The molecule has 0 heterocycles. The van der Waals surface area contributed by atoms with Crippen LogP contribution < -0.4 is 21.3 Å². The van der Waals surface area contributed by atoms with Crippen molar-refractivity contribution in [3.05, 3.63) is 71.8 Å². The highest BCUT2D eigenvalue weighted by atomic mass is 32.2. The fourth-order valence-corrected chi connectivity index (χ4v) is 5.89. The third-order valence-corrected chi connectivity index (χ3v) is 8.27. The Morgan fingerprint density at radius 3 is 1.77 bits per heavy atom. The largest absolute Gasteiger partial charge is 0.468 e. The second-order valence-electron chi connectivity index (χ2n) is 12.9. The van der Waals surface area contributed by atoms with Gasteiger partial charge in [-0.05, 0) is 50.2 Å². The van der Waals surface area contributed by atoms with Crippen LogP contribution in [0.4, 0.5) is 4.79 Å². The van der Waals surface area contributed by atoms with Crippen molar-refractivity contribution in [1.82, 2.24) is 21.3 Å². The number of carbonyl (C=O) groups is 5. The number of hydrogen-bond donors (Lipinski definition) is 4. The number of esters is 1. The number of rotatable bonds is 16. The van der Waals surface area contributed by atoms with Gasteiger partial charge >= 0.3 is 12.1 Å². The van der Waals surface area contributed by atoms with Gasteiger partial charge in [0.1, 0.15) is 30.3 Å². The molecule has 4 amide bonds. The van der Waals surface area contributed by atoms with Gasteiger partial charge < -0.3 is 30.7 Å². The van der Waals surface area contributed by atoms with Crippen molar-refractivity contribution in [2.45, 2.75) is 83.9 Å². The predicted molar refractivity (Wildman–Crippen MR) is 184 cm³/mol. The lowest BCUT2D eigenvalue weighted by molar-refractivity contribution is -0.141. The van der Waals surface area contributed by atoms with E-state index in [0.717, 1.165) is 11.1 Å². The van der Waals surface area contributed by atoms with Crippen molar-refractivity contribution in [2.75, 3.05) is 19.4 Å². The van der Waals surface area contributed by atoms with Gasteiger partial charge in [0.2, 0.25) is 17.7 Å². The summed E-state index contributed by atoms with van der Waals surface area (Å²) in [5.41, 5.74) is 1.28. The van der Waals surface area contributed by atoms with Crippen LogP contribution in [0, 0.1) is 11.8 Å². The molecule has 0 bridgehead atoms. The maximum Gasteiger partial charge on any atom is 0.408 e. The Morgan fingerprint density at radius 1 is 0.745 bits per heavy atom. The SMILES string of the molecule is COC(=O)CNC(=O)[C@H](CSC(c1ccccc1)c1ccccc1)NC(=O)[C@@H](NC(=O)[C@H](CC(C)C)NC(=O)OC(C)(C)C)C(C)C. The smallest absolute Gasteiger partial charge is 0.408 e. The van der Waals surface area contributed by atoms with Gasteiger partial charge in [-0.3, -0.25) is 19.2 Å². The zero-order chi connectivity index (χ0) is 35.1. The van der Waals surface area contributed by atoms with Crippen LogP contribution in [0.5, 0.6) is 0 Å². The lowest BCUT2D eigenvalue weighted by Gasteiger charge is -2.29. The Balaban J connectivity index is 2.29. The van der Waals surface area contributed by atoms with E-state index in [1.165, 1.54) is 18.9 Å². The number of thioether (sulfide) groups is 1. The molecule has 0 radical (unpaired) electrons. The molecule has 0 spiro atoms. The van der Waals surface area contributed by atoms with E-state index < -0.39 is 53.5 Å². The minimum Gasteiger partial charge on any atom is -0.468 e. The predicted octanol–water partition coefficient (Wildman–Crippen LogP) is 4.36. The van der Waals surface area contributed by atoms with Crippen LogP contribution in [0.25, 0.3) is 0 Å². The molecule has 0 unspecified atom stereocenters. The third kappa shape index (κ3) is 14.1. The molecule has 0 aliphatic heterocycles. The molecule has 12 heteroatoms. The van der Waals surface area contributed by atoms with Crippen molar-refractivity contribution >= 4 is 41.5 Å². The lowest BCUT2D eigenvalue weighted by Crippen LogP contribution is -2.59. The molecule has 4 N–H and O–H groups in total. The summed E-state index contributed by atoms with van der Waals surface area (Å²) >= 11 is 1.46. The van der Waals surface area contributed by atoms with Crippen LogP contribution in [0.3, 0.4) is 0 Å². The monoisotopic (exact) mass is 670 g/mol. The molecule has 0 saturated carbocycles. The zero-order valence-electron chi connectivity index (χ0n) is 28.6. The summed E-state index contributed by atoms with van der Waals surface area (Å²) in [6, 6.07) is 16.6. The van der Waals surface area contributed by atoms with E-state index in [0.29, 0.717) is 6.42 Å². The van der Waals surface area contributed by atoms with Gasteiger partial charge in [-0.1, -0.05) is 88.4 Å². The number of alkyl carbamates (subject to hydrolysis) is 1. The van der Waals surface area contributed by atoms with Gasteiger partial charge in [0.15, 0.2) is 0 Å². The van der Waals surface area contributed by atoms with Gasteiger partial charge in [-0.15, -0.1) is 11.8 Å². The van der Waals surface area contributed by atoms with Crippen LogP contribution in [0.2, 0.25) is 0 Å². The van der Waals surface area contributed by atoms with Gasteiger partial charge in [-0.25, -0.2) is 4.79 Å². The van der Waals surface area contributed by atoms with Crippen molar-refractivity contribution < 1.29 is 33.4 Å². The number of methoxy groups -OCH3 is 1. The van der Waals surface area contributed by atoms with Crippen LogP contribution in [0.15, 0.2) is 60.7 Å². The average Bonchev–Trinajstić information content (AvgIpc) is 3.01. The maximum absolute atomic E-state index is 13.7. The number of amides is 4. The number of carbonyl (C=O) groups excluding carboxylic acids is 5. The zero-order valence-corrected chi connectivity index (χ0v) is 29.4. The Morgan fingerprint density at radius 2 is 1.30 bits per heavy atom. The molecule has 0 aliphatic carbocycles. The fourth-order valence-electron chi connectivity index (χ4n) is 4.57. The second kappa shape index (κ2) is 18.9. The van der Waals surface area contributed by atoms with Crippen LogP contribution in [-0.4, -0.2) is 72.9 Å². The summed E-state index contributed by atoms with van der Waals surface area (Å²) in [5, 5.41) is 10.6.